The van der Waals surface area contributed by atoms with Crippen LogP contribution in [0.5, 0.6) is 5.88 Å². The first kappa shape index (κ1) is 24.4. The molecule has 1 aliphatic heterocycles. The third-order valence-corrected chi connectivity index (χ3v) is 6.83. The van der Waals surface area contributed by atoms with Gasteiger partial charge in [-0.15, -0.1) is 0 Å². The Kier molecular flexibility index (Phi) is 7.95. The van der Waals surface area contributed by atoms with Gasteiger partial charge in [-0.1, -0.05) is 19.1 Å². The van der Waals surface area contributed by atoms with Gasteiger partial charge in [0.15, 0.2) is 0 Å². The number of carbonyl (C=O) groups is 1. The van der Waals surface area contributed by atoms with Crippen LogP contribution in [-0.4, -0.2) is 69.7 Å². The molecule has 2 aromatic rings. The van der Waals surface area contributed by atoms with E-state index in [0.29, 0.717) is 31.1 Å². The van der Waals surface area contributed by atoms with Crippen LogP contribution in [0.2, 0.25) is 0 Å². The molecule has 0 saturated carbocycles. The van der Waals surface area contributed by atoms with Crippen LogP contribution in [0, 0.1) is 5.92 Å². The highest BCUT2D eigenvalue weighted by Gasteiger charge is 2.34. The summed E-state index contributed by atoms with van der Waals surface area (Å²) in [6, 6.07) is 7.57. The number of fused-ring (bicyclic) bond motifs is 1. The molecule has 34 heavy (non-hydrogen) atoms. The third-order valence-electron chi connectivity index (χ3n) is 6.83. The zero-order valence-corrected chi connectivity index (χ0v) is 20.5. The molecule has 7 heteroatoms. The Morgan fingerprint density at radius 3 is 2.85 bits per heavy atom. The lowest BCUT2D eigenvalue weighted by atomic mass is 9.93. The fourth-order valence-electron chi connectivity index (χ4n) is 4.74. The Hall–Kier alpha value is -2.77. The Labute approximate surface area is 202 Å². The quantitative estimate of drug-likeness (QED) is 0.672. The molecule has 1 amide bonds. The number of likely N-dealkylation sites (N-methyl/N-ethyl adjacent to an activating group) is 1. The standard InChI is InChI=1S/C27H36N4O3/c1-19-15-31(20(2)18-32)27(33)24-13-22(21-9-5-4-6-10-21)14-29-26(24)34-25(19)17-30(3)16-23-11-7-8-12-28-23/h7-9,11-14,19-20,25,32H,4-6,10,15-18H2,1-3H3/t19-,20-,25+/m0/s1. The first-order valence-electron chi connectivity index (χ1n) is 12.3. The minimum absolute atomic E-state index is 0.0554. The predicted octanol–water partition coefficient (Wildman–Crippen LogP) is 3.79. The van der Waals surface area contributed by atoms with Crippen LogP contribution >= 0.6 is 0 Å². The maximum absolute atomic E-state index is 13.6. The van der Waals surface area contributed by atoms with Gasteiger partial charge in [0, 0.05) is 37.9 Å². The largest absolute Gasteiger partial charge is 0.472 e. The van der Waals surface area contributed by atoms with Crippen molar-refractivity contribution in [2.75, 3.05) is 26.7 Å². The maximum Gasteiger partial charge on any atom is 0.259 e. The second-order valence-electron chi connectivity index (χ2n) is 9.69. The molecule has 0 saturated heterocycles. The zero-order chi connectivity index (χ0) is 24.1. The lowest BCUT2D eigenvalue weighted by Gasteiger charge is -2.37. The number of rotatable bonds is 7. The number of hydrogen-bond acceptors (Lipinski definition) is 6. The highest BCUT2D eigenvalue weighted by Crippen LogP contribution is 2.32. The Morgan fingerprint density at radius 1 is 1.29 bits per heavy atom. The number of carbonyl (C=O) groups excluding carboxylic acids is 1. The van der Waals surface area contributed by atoms with Crippen molar-refractivity contribution in [2.24, 2.45) is 5.92 Å². The summed E-state index contributed by atoms with van der Waals surface area (Å²) in [5.74, 6) is 0.303. The number of ether oxygens (including phenoxy) is 1. The van der Waals surface area contributed by atoms with Gasteiger partial charge in [0.25, 0.3) is 5.91 Å². The molecule has 7 nitrogen and oxygen atoms in total. The van der Waals surface area contributed by atoms with E-state index in [-0.39, 0.29) is 30.6 Å². The van der Waals surface area contributed by atoms with Crippen molar-refractivity contribution in [3.63, 3.8) is 0 Å². The molecule has 0 bridgehead atoms. The van der Waals surface area contributed by atoms with Gasteiger partial charge in [0.05, 0.1) is 18.3 Å². The number of aliphatic hydroxyl groups is 1. The summed E-state index contributed by atoms with van der Waals surface area (Å²) in [6.45, 7) is 5.77. The van der Waals surface area contributed by atoms with Crippen LogP contribution in [0.15, 0.2) is 42.7 Å². The molecule has 2 aromatic heterocycles. The summed E-state index contributed by atoms with van der Waals surface area (Å²) >= 11 is 0. The van der Waals surface area contributed by atoms with Gasteiger partial charge in [-0.25, -0.2) is 4.98 Å². The van der Waals surface area contributed by atoms with Gasteiger partial charge < -0.3 is 14.7 Å². The van der Waals surface area contributed by atoms with E-state index in [0.717, 1.165) is 30.5 Å². The van der Waals surface area contributed by atoms with Crippen molar-refractivity contribution in [3.05, 3.63) is 59.6 Å². The second kappa shape index (κ2) is 11.1. The summed E-state index contributed by atoms with van der Waals surface area (Å²) < 4.78 is 6.43. The average molecular weight is 465 g/mol. The summed E-state index contributed by atoms with van der Waals surface area (Å²) in [7, 11) is 2.05. The van der Waals surface area contributed by atoms with Gasteiger partial charge in [0.2, 0.25) is 5.88 Å². The minimum atomic E-state index is -0.287. The zero-order valence-electron chi connectivity index (χ0n) is 20.5. The van der Waals surface area contributed by atoms with E-state index < -0.39 is 0 Å². The number of nitrogens with zero attached hydrogens (tertiary/aromatic N) is 4. The number of hydrogen-bond donors (Lipinski definition) is 1. The second-order valence-corrected chi connectivity index (χ2v) is 9.69. The van der Waals surface area contributed by atoms with E-state index >= 15 is 0 Å². The fraction of sp³-hybridized carbons (Fsp3) is 0.519. The number of pyridine rings is 2. The van der Waals surface area contributed by atoms with Crippen molar-refractivity contribution < 1.29 is 14.6 Å². The van der Waals surface area contributed by atoms with Crippen LogP contribution < -0.4 is 4.74 Å². The molecule has 3 atom stereocenters. The Balaban J connectivity index is 1.63. The first-order chi connectivity index (χ1) is 16.5. The molecule has 0 aromatic carbocycles. The van der Waals surface area contributed by atoms with Gasteiger partial charge in [-0.05, 0) is 69.0 Å². The van der Waals surface area contributed by atoms with Crippen LogP contribution in [0.1, 0.15) is 61.1 Å². The monoisotopic (exact) mass is 464 g/mol. The highest BCUT2D eigenvalue weighted by atomic mass is 16.5. The summed E-state index contributed by atoms with van der Waals surface area (Å²) in [6.07, 6.45) is 10.2. The van der Waals surface area contributed by atoms with Gasteiger partial charge >= 0.3 is 0 Å². The summed E-state index contributed by atoms with van der Waals surface area (Å²) in [5, 5.41) is 9.87. The molecule has 0 radical (unpaired) electrons. The molecule has 1 aliphatic carbocycles. The molecule has 3 heterocycles. The molecule has 1 N–H and O–H groups in total. The van der Waals surface area contributed by atoms with Gasteiger partial charge in [-0.3, -0.25) is 14.7 Å². The van der Waals surface area contributed by atoms with E-state index in [4.69, 9.17) is 4.74 Å². The number of amides is 1. The molecule has 0 fully saturated rings. The Bertz CT molecular complexity index is 1010. The summed E-state index contributed by atoms with van der Waals surface area (Å²) in [5.41, 5.74) is 3.72. The minimum Gasteiger partial charge on any atom is -0.472 e. The molecule has 0 spiro atoms. The number of allylic oxidation sites excluding steroid dienone is 2. The molecular weight excluding hydrogens is 428 g/mol. The third kappa shape index (κ3) is 5.65. The normalized spacial score (nSPS) is 21.9. The van der Waals surface area contributed by atoms with Crippen molar-refractivity contribution >= 4 is 11.5 Å². The Morgan fingerprint density at radius 2 is 2.15 bits per heavy atom. The predicted molar refractivity (Wildman–Crippen MR) is 132 cm³/mol. The molecule has 4 rings (SSSR count). The molecular formula is C27H36N4O3. The number of aromatic nitrogens is 2. The van der Waals surface area contributed by atoms with E-state index in [9.17, 15) is 9.90 Å². The van der Waals surface area contributed by atoms with Crippen LogP contribution in [0.3, 0.4) is 0 Å². The van der Waals surface area contributed by atoms with E-state index in [1.807, 2.05) is 37.4 Å². The highest BCUT2D eigenvalue weighted by molar-refractivity contribution is 5.97. The summed E-state index contributed by atoms with van der Waals surface area (Å²) in [4.78, 5) is 26.6. The lowest BCUT2D eigenvalue weighted by Crippen LogP contribution is -2.49. The smallest absolute Gasteiger partial charge is 0.259 e. The lowest BCUT2D eigenvalue weighted by molar-refractivity contribution is 0.0324. The molecule has 0 unspecified atom stereocenters. The van der Waals surface area contributed by atoms with Crippen molar-refractivity contribution in [1.82, 2.24) is 19.8 Å². The maximum atomic E-state index is 13.6. The van der Waals surface area contributed by atoms with Crippen molar-refractivity contribution in [1.29, 1.82) is 0 Å². The SMILES string of the molecule is C[C@H]1CN([C@@H](C)CO)C(=O)c2cc(C3=CCCCC3)cnc2O[C@@H]1CN(C)Cc1ccccn1. The van der Waals surface area contributed by atoms with E-state index in [2.05, 4.69) is 34.9 Å². The average Bonchev–Trinajstić information content (AvgIpc) is 2.86. The number of aliphatic hydroxyl groups excluding tert-OH is 1. The van der Waals surface area contributed by atoms with Crippen molar-refractivity contribution in [2.45, 2.75) is 58.2 Å². The van der Waals surface area contributed by atoms with Gasteiger partial charge in [-0.2, -0.15) is 0 Å². The van der Waals surface area contributed by atoms with Crippen LogP contribution in [-0.2, 0) is 6.54 Å². The van der Waals surface area contributed by atoms with E-state index in [1.165, 1.54) is 12.0 Å². The van der Waals surface area contributed by atoms with Crippen LogP contribution in [0.25, 0.3) is 5.57 Å². The molecule has 182 valence electrons. The molecule has 2 aliphatic rings. The topological polar surface area (TPSA) is 78.8 Å². The van der Waals surface area contributed by atoms with Crippen LogP contribution in [0.4, 0.5) is 0 Å². The first-order valence-corrected chi connectivity index (χ1v) is 12.3. The van der Waals surface area contributed by atoms with Gasteiger partial charge in [0.1, 0.15) is 11.7 Å². The fourth-order valence-corrected chi connectivity index (χ4v) is 4.74. The van der Waals surface area contributed by atoms with Crippen molar-refractivity contribution in [3.8, 4) is 5.88 Å². The van der Waals surface area contributed by atoms with E-state index in [1.54, 1.807) is 11.1 Å².